The summed E-state index contributed by atoms with van der Waals surface area (Å²) in [6.07, 6.45) is 1.87. The first kappa shape index (κ1) is 17.0. The highest BCUT2D eigenvalue weighted by Crippen LogP contribution is 2.26. The second kappa shape index (κ2) is 6.97. The Kier molecular flexibility index (Phi) is 4.74. The largest absolute Gasteiger partial charge is 0.496 e. The van der Waals surface area contributed by atoms with Crippen molar-refractivity contribution in [1.82, 2.24) is 9.55 Å². The number of hydrogen-bond acceptors (Lipinski definition) is 3. The Balaban J connectivity index is 2.20. The standard InChI is InChI=1S/C20H23N3O2/c1-4-7-18-22-19-13(2)10-15(20(21)24)11-16(19)23(18)12-14-8-5-6-9-17(14)25-3/h5-6,8-11H,4,7,12H2,1-3H3,(H2,21,24). The van der Waals surface area contributed by atoms with Gasteiger partial charge in [0.05, 0.1) is 24.7 Å². The Morgan fingerprint density at radius 3 is 2.72 bits per heavy atom. The lowest BCUT2D eigenvalue weighted by Crippen LogP contribution is -2.12. The molecule has 130 valence electrons. The SMILES string of the molecule is CCCc1nc2c(C)cc(C(N)=O)cc2n1Cc1ccccc1OC. The number of carbonyl (C=O) groups excluding carboxylic acids is 1. The van der Waals surface area contributed by atoms with Crippen LogP contribution in [0.5, 0.6) is 5.75 Å². The van der Waals surface area contributed by atoms with Gasteiger partial charge in [0, 0.05) is 17.5 Å². The van der Waals surface area contributed by atoms with Crippen LogP contribution in [0.25, 0.3) is 11.0 Å². The van der Waals surface area contributed by atoms with E-state index in [0.29, 0.717) is 12.1 Å². The van der Waals surface area contributed by atoms with Crippen LogP contribution in [0.4, 0.5) is 0 Å². The molecule has 0 bridgehead atoms. The summed E-state index contributed by atoms with van der Waals surface area (Å²) in [6, 6.07) is 11.6. The molecule has 2 N–H and O–H groups in total. The van der Waals surface area contributed by atoms with Gasteiger partial charge in [-0.1, -0.05) is 25.1 Å². The number of fused-ring (bicyclic) bond motifs is 1. The molecule has 0 unspecified atom stereocenters. The Morgan fingerprint density at radius 1 is 1.28 bits per heavy atom. The van der Waals surface area contributed by atoms with Crippen molar-refractivity contribution in [3.63, 3.8) is 0 Å². The highest BCUT2D eigenvalue weighted by Gasteiger charge is 2.16. The van der Waals surface area contributed by atoms with Crippen molar-refractivity contribution in [1.29, 1.82) is 0 Å². The molecular formula is C20H23N3O2. The predicted molar refractivity (Wildman–Crippen MR) is 99.1 cm³/mol. The van der Waals surface area contributed by atoms with Crippen molar-refractivity contribution in [3.8, 4) is 5.75 Å². The van der Waals surface area contributed by atoms with Crippen LogP contribution in [0.15, 0.2) is 36.4 Å². The molecular weight excluding hydrogens is 314 g/mol. The minimum Gasteiger partial charge on any atom is -0.496 e. The summed E-state index contributed by atoms with van der Waals surface area (Å²) in [5.74, 6) is 1.43. The third kappa shape index (κ3) is 3.22. The zero-order valence-electron chi connectivity index (χ0n) is 14.9. The van der Waals surface area contributed by atoms with E-state index in [1.165, 1.54) is 0 Å². The van der Waals surface area contributed by atoms with E-state index in [1.54, 1.807) is 13.2 Å². The molecule has 2 aromatic carbocycles. The summed E-state index contributed by atoms with van der Waals surface area (Å²) in [6.45, 7) is 4.73. The maximum Gasteiger partial charge on any atom is 0.248 e. The van der Waals surface area contributed by atoms with E-state index < -0.39 is 5.91 Å². The van der Waals surface area contributed by atoms with Gasteiger partial charge >= 0.3 is 0 Å². The molecule has 0 fully saturated rings. The Labute approximate surface area is 147 Å². The third-order valence-electron chi connectivity index (χ3n) is 4.40. The smallest absolute Gasteiger partial charge is 0.248 e. The Hall–Kier alpha value is -2.82. The van der Waals surface area contributed by atoms with Crippen molar-refractivity contribution in [2.45, 2.75) is 33.2 Å². The number of primary amides is 1. The number of hydrogen-bond donors (Lipinski definition) is 1. The molecule has 1 aromatic heterocycles. The molecule has 3 aromatic rings. The van der Waals surface area contributed by atoms with E-state index in [1.807, 2.05) is 37.3 Å². The molecule has 0 spiro atoms. The molecule has 0 saturated carbocycles. The molecule has 25 heavy (non-hydrogen) atoms. The number of ether oxygens (including phenoxy) is 1. The molecule has 0 atom stereocenters. The first-order valence-corrected chi connectivity index (χ1v) is 8.46. The summed E-state index contributed by atoms with van der Waals surface area (Å²) in [4.78, 5) is 16.5. The van der Waals surface area contributed by atoms with Crippen molar-refractivity contribution in [2.24, 2.45) is 5.73 Å². The topological polar surface area (TPSA) is 70.1 Å². The molecule has 0 saturated heterocycles. The molecule has 0 radical (unpaired) electrons. The fourth-order valence-electron chi connectivity index (χ4n) is 3.18. The van der Waals surface area contributed by atoms with Crippen LogP contribution in [-0.4, -0.2) is 22.6 Å². The molecule has 0 aliphatic carbocycles. The molecule has 1 amide bonds. The maximum absolute atomic E-state index is 11.7. The van der Waals surface area contributed by atoms with Gasteiger partial charge < -0.3 is 15.0 Å². The van der Waals surface area contributed by atoms with Gasteiger partial charge in [-0.15, -0.1) is 0 Å². The second-order valence-corrected chi connectivity index (χ2v) is 6.20. The molecule has 0 aliphatic rings. The third-order valence-corrected chi connectivity index (χ3v) is 4.40. The van der Waals surface area contributed by atoms with Gasteiger partial charge in [-0.25, -0.2) is 4.98 Å². The number of benzene rings is 2. The van der Waals surface area contributed by atoms with Crippen molar-refractivity contribution >= 4 is 16.9 Å². The highest BCUT2D eigenvalue weighted by molar-refractivity contribution is 5.97. The number of rotatable bonds is 6. The van der Waals surface area contributed by atoms with Gasteiger partial charge in [0.15, 0.2) is 0 Å². The number of imidazole rings is 1. The monoisotopic (exact) mass is 337 g/mol. The average molecular weight is 337 g/mol. The van der Waals surface area contributed by atoms with E-state index in [4.69, 9.17) is 15.5 Å². The van der Waals surface area contributed by atoms with Crippen LogP contribution < -0.4 is 10.5 Å². The summed E-state index contributed by atoms with van der Waals surface area (Å²) in [5.41, 5.74) is 9.89. The Bertz CT molecular complexity index is 928. The fourth-order valence-corrected chi connectivity index (χ4v) is 3.18. The van der Waals surface area contributed by atoms with E-state index in [0.717, 1.165) is 46.6 Å². The summed E-state index contributed by atoms with van der Waals surface area (Å²) in [7, 11) is 1.67. The van der Waals surface area contributed by atoms with E-state index >= 15 is 0 Å². The van der Waals surface area contributed by atoms with Crippen LogP contribution in [0.3, 0.4) is 0 Å². The van der Waals surface area contributed by atoms with Gasteiger partial charge in [0.2, 0.25) is 5.91 Å². The number of nitrogens with two attached hydrogens (primary N) is 1. The number of aryl methyl sites for hydroxylation is 2. The highest BCUT2D eigenvalue weighted by atomic mass is 16.5. The lowest BCUT2D eigenvalue weighted by Gasteiger charge is -2.12. The lowest BCUT2D eigenvalue weighted by molar-refractivity contribution is 0.100. The Morgan fingerprint density at radius 2 is 2.04 bits per heavy atom. The van der Waals surface area contributed by atoms with Crippen LogP contribution >= 0.6 is 0 Å². The fraction of sp³-hybridized carbons (Fsp3) is 0.300. The number of carbonyl (C=O) groups is 1. The van der Waals surface area contributed by atoms with Gasteiger partial charge in [-0.3, -0.25) is 4.79 Å². The zero-order chi connectivity index (χ0) is 18.0. The molecule has 5 nitrogen and oxygen atoms in total. The minimum atomic E-state index is -0.424. The summed E-state index contributed by atoms with van der Waals surface area (Å²) >= 11 is 0. The van der Waals surface area contributed by atoms with Crippen molar-refractivity contribution in [3.05, 3.63) is 58.9 Å². The van der Waals surface area contributed by atoms with Crippen LogP contribution in [0.2, 0.25) is 0 Å². The number of aromatic nitrogens is 2. The average Bonchev–Trinajstić information content (AvgIpc) is 2.94. The molecule has 0 aliphatic heterocycles. The van der Waals surface area contributed by atoms with Crippen molar-refractivity contribution in [2.75, 3.05) is 7.11 Å². The van der Waals surface area contributed by atoms with Gasteiger partial charge in [-0.2, -0.15) is 0 Å². The van der Waals surface area contributed by atoms with Crippen LogP contribution in [-0.2, 0) is 13.0 Å². The second-order valence-electron chi connectivity index (χ2n) is 6.20. The van der Waals surface area contributed by atoms with Crippen LogP contribution in [0, 0.1) is 6.92 Å². The van der Waals surface area contributed by atoms with Gasteiger partial charge in [0.1, 0.15) is 11.6 Å². The minimum absolute atomic E-state index is 0.424. The predicted octanol–water partition coefficient (Wildman–Crippen LogP) is 3.45. The number of methoxy groups -OCH3 is 1. The van der Waals surface area contributed by atoms with Gasteiger partial charge in [-0.05, 0) is 37.1 Å². The first-order chi connectivity index (χ1) is 12.0. The lowest BCUT2D eigenvalue weighted by atomic mass is 10.1. The normalized spacial score (nSPS) is 11.0. The summed E-state index contributed by atoms with van der Waals surface area (Å²) in [5, 5.41) is 0. The van der Waals surface area contributed by atoms with Crippen LogP contribution in [0.1, 0.15) is 40.7 Å². The first-order valence-electron chi connectivity index (χ1n) is 8.46. The van der Waals surface area contributed by atoms with E-state index in [-0.39, 0.29) is 0 Å². The number of para-hydroxylation sites is 1. The van der Waals surface area contributed by atoms with Crippen molar-refractivity contribution < 1.29 is 9.53 Å². The molecule has 5 heteroatoms. The summed E-state index contributed by atoms with van der Waals surface area (Å²) < 4.78 is 7.65. The number of nitrogens with zero attached hydrogens (tertiary/aromatic N) is 2. The maximum atomic E-state index is 11.7. The van der Waals surface area contributed by atoms with Gasteiger partial charge in [0.25, 0.3) is 0 Å². The van der Waals surface area contributed by atoms with E-state index in [2.05, 4.69) is 11.5 Å². The van der Waals surface area contributed by atoms with E-state index in [9.17, 15) is 4.79 Å². The zero-order valence-corrected chi connectivity index (χ0v) is 14.9. The molecule has 3 rings (SSSR count). The quantitative estimate of drug-likeness (QED) is 0.749. The number of amides is 1. The molecule has 1 heterocycles.